The van der Waals surface area contributed by atoms with Gasteiger partial charge in [-0.1, -0.05) is 104 Å². The molecule has 0 saturated carbocycles. The molecule has 0 radical (unpaired) electrons. The van der Waals surface area contributed by atoms with Crippen molar-refractivity contribution in [1.29, 1.82) is 0 Å². The number of rotatable bonds is 22. The van der Waals surface area contributed by atoms with E-state index in [2.05, 4.69) is 97.1 Å². The third-order valence-electron chi connectivity index (χ3n) is 11.2. The Labute approximate surface area is 436 Å². The average Bonchev–Trinajstić information content (AvgIpc) is 4.07. The van der Waals surface area contributed by atoms with Gasteiger partial charge in [0.05, 0.1) is 29.6 Å². The zero-order chi connectivity index (χ0) is 53.0. The molecule has 0 bridgehead atoms. The minimum Gasteiger partial charge on any atom is -0.465 e. The molecule has 72 heavy (non-hydrogen) atoms. The summed E-state index contributed by atoms with van der Waals surface area (Å²) in [7, 11) is 0. The zero-order valence-electron chi connectivity index (χ0n) is 42.6. The van der Waals surface area contributed by atoms with Crippen molar-refractivity contribution in [1.82, 2.24) is 40.0 Å². The molecular weight excluding hydrogens is 986 g/mol. The molecule has 4 aromatic rings. The van der Waals surface area contributed by atoms with E-state index >= 15 is 0 Å². The lowest BCUT2D eigenvalue weighted by molar-refractivity contribution is -0.384. The van der Waals surface area contributed by atoms with Crippen LogP contribution >= 0.6 is 35.1 Å². The van der Waals surface area contributed by atoms with Crippen molar-refractivity contribution in [3.8, 4) is 0 Å². The van der Waals surface area contributed by atoms with Crippen LogP contribution in [0, 0.1) is 20.2 Å². The maximum Gasteiger partial charge on any atom is 0.353 e. The van der Waals surface area contributed by atoms with Gasteiger partial charge in [-0.2, -0.15) is 15.0 Å². The third kappa shape index (κ3) is 21.3. The second-order valence-corrected chi connectivity index (χ2v) is 18.2. The summed E-state index contributed by atoms with van der Waals surface area (Å²) in [5.74, 6) is -1.14. The molecule has 21 nitrogen and oxygen atoms in total. The highest BCUT2D eigenvalue weighted by Crippen LogP contribution is 2.34. The summed E-state index contributed by atoms with van der Waals surface area (Å²) in [6.07, 6.45) is 8.54. The minimum atomic E-state index is -0.707. The number of carbonyl (C=O) groups is 2. The topological polar surface area (TPSA) is 267 Å². The molecule has 2 aromatic carbocycles. The summed E-state index contributed by atoms with van der Waals surface area (Å²) < 4.78 is 9.98. The SMILES string of the molecule is CCN(CC)CC.CCOC(=O)CN(Cc1cccc(CN2CCCC2)c1)c1nc(SC)nc(N)c1[N+](=O)[O-].CCOC(=O)CNCc1cccc(CN2CCCC2)c1.CSc1nc(N)c([N+](=O)[O-])c(Cl)n1. The van der Waals surface area contributed by atoms with E-state index in [9.17, 15) is 29.8 Å². The Bertz CT molecular complexity index is 2300. The van der Waals surface area contributed by atoms with Gasteiger partial charge in [0.2, 0.25) is 22.6 Å². The molecule has 2 saturated heterocycles. The summed E-state index contributed by atoms with van der Waals surface area (Å²) in [5, 5.41) is 25.6. The van der Waals surface area contributed by atoms with Crippen LogP contribution in [-0.4, -0.2) is 141 Å². The average molecular weight is 1060 g/mol. The smallest absolute Gasteiger partial charge is 0.353 e. The number of nitro groups is 2. The van der Waals surface area contributed by atoms with Crippen LogP contribution in [0.3, 0.4) is 0 Å². The summed E-state index contributed by atoms with van der Waals surface area (Å²) in [5.41, 5.74) is 15.0. The van der Waals surface area contributed by atoms with Gasteiger partial charge in [0, 0.05) is 26.2 Å². The van der Waals surface area contributed by atoms with E-state index in [1.54, 1.807) is 19.4 Å². The molecule has 6 rings (SSSR count). The Hall–Kier alpha value is -5.43. The number of likely N-dealkylation sites (tertiary alicyclic amines) is 2. The van der Waals surface area contributed by atoms with E-state index in [-0.39, 0.29) is 54.8 Å². The van der Waals surface area contributed by atoms with Gasteiger partial charge in [-0.25, -0.2) is 4.98 Å². The molecule has 5 N–H and O–H groups in total. The highest BCUT2D eigenvalue weighted by molar-refractivity contribution is 7.98. The van der Waals surface area contributed by atoms with Crippen LogP contribution in [0.2, 0.25) is 5.15 Å². The molecule has 2 aliphatic heterocycles. The van der Waals surface area contributed by atoms with Gasteiger partial charge in [-0.3, -0.25) is 39.6 Å². The number of nitrogens with one attached hydrogen (secondary N) is 1. The Morgan fingerprint density at radius 2 is 1.17 bits per heavy atom. The van der Waals surface area contributed by atoms with Crippen molar-refractivity contribution in [3.05, 3.63) is 96.2 Å². The Balaban J connectivity index is 0.000000290. The van der Waals surface area contributed by atoms with E-state index in [1.165, 1.54) is 98.0 Å². The number of nitrogens with zero attached hydrogens (tertiary/aromatic N) is 10. The number of aromatic nitrogens is 4. The van der Waals surface area contributed by atoms with E-state index < -0.39 is 27.2 Å². The van der Waals surface area contributed by atoms with E-state index in [1.807, 2.05) is 19.1 Å². The first-order valence-corrected chi connectivity index (χ1v) is 26.9. The quantitative estimate of drug-likeness (QED) is 0.0172. The number of halogens is 1. The summed E-state index contributed by atoms with van der Waals surface area (Å²) in [6, 6.07) is 16.6. The van der Waals surface area contributed by atoms with Gasteiger partial charge in [-0.15, -0.1) is 0 Å². The molecule has 2 aromatic heterocycles. The van der Waals surface area contributed by atoms with Gasteiger partial charge >= 0.3 is 23.3 Å². The van der Waals surface area contributed by atoms with Crippen molar-refractivity contribution in [2.75, 3.05) is 101 Å². The first-order valence-electron chi connectivity index (χ1n) is 24.1. The summed E-state index contributed by atoms with van der Waals surface area (Å²) in [4.78, 5) is 68.8. The van der Waals surface area contributed by atoms with E-state index in [0.717, 1.165) is 37.3 Å². The monoisotopic (exact) mass is 1060 g/mol. The second kappa shape index (κ2) is 33.3. The number of nitrogen functional groups attached to an aromatic ring is 2. The van der Waals surface area contributed by atoms with Gasteiger partial charge in [0.25, 0.3) is 0 Å². The first-order chi connectivity index (χ1) is 34.6. The van der Waals surface area contributed by atoms with Crippen LogP contribution in [0.1, 0.15) is 82.6 Å². The van der Waals surface area contributed by atoms with Crippen molar-refractivity contribution in [2.45, 2.75) is 96.8 Å². The van der Waals surface area contributed by atoms with Crippen LogP contribution in [0.15, 0.2) is 58.8 Å². The van der Waals surface area contributed by atoms with Crippen LogP contribution < -0.4 is 21.7 Å². The van der Waals surface area contributed by atoms with Crippen molar-refractivity contribution < 1.29 is 28.9 Å². The van der Waals surface area contributed by atoms with E-state index in [0.29, 0.717) is 23.5 Å². The fourth-order valence-electron chi connectivity index (χ4n) is 7.65. The number of nitrogens with two attached hydrogens (primary N) is 2. The van der Waals surface area contributed by atoms with Crippen molar-refractivity contribution in [2.24, 2.45) is 0 Å². The van der Waals surface area contributed by atoms with Crippen LogP contribution in [0.25, 0.3) is 0 Å². The largest absolute Gasteiger partial charge is 0.465 e. The number of thioether (sulfide) groups is 2. The lowest BCUT2D eigenvalue weighted by Crippen LogP contribution is -2.32. The standard InChI is InChI=1S/C21H28N6O4S.C16H24N2O2.C6H15N.C5H5ClN4O2S/c1-3-31-17(28)14-26(20-18(27(29)30)19(22)23-21(24-20)32-2)13-16-8-6-7-15(11-16)12-25-9-4-5-10-25;1-2-20-16(19)12-17-11-14-6-5-7-15(10-14)13-18-8-3-4-9-18;1-4-7(5-2)6-3;1-13-5-8-3(6)2(10(11)12)4(7)9-5/h6-8,11H,3-5,9-10,12-14H2,1-2H3,(H2,22,23,24);5-7,10,17H,2-4,8-9,11-13H2,1H3;4-6H2,1-3H3;1H3,(H2,7,8,9). The molecule has 2 aliphatic rings. The Morgan fingerprint density at radius 1 is 0.708 bits per heavy atom. The highest BCUT2D eigenvalue weighted by atomic mass is 35.5. The number of hydrogen-bond acceptors (Lipinski definition) is 21. The Morgan fingerprint density at radius 3 is 1.62 bits per heavy atom. The number of carbonyl (C=O) groups excluding carboxylic acids is 2. The molecule has 0 amide bonds. The van der Waals surface area contributed by atoms with Crippen LogP contribution in [-0.2, 0) is 45.2 Å². The highest BCUT2D eigenvalue weighted by Gasteiger charge is 2.29. The Kier molecular flexibility index (Phi) is 28.2. The van der Waals surface area contributed by atoms with Crippen molar-refractivity contribution in [3.63, 3.8) is 0 Å². The van der Waals surface area contributed by atoms with Gasteiger partial charge < -0.3 is 36.1 Å². The number of benzene rings is 2. The molecule has 2 fully saturated rings. The number of ether oxygens (including phenoxy) is 2. The van der Waals surface area contributed by atoms with E-state index in [4.69, 9.17) is 32.5 Å². The van der Waals surface area contributed by atoms with Crippen LogP contribution in [0.5, 0.6) is 0 Å². The molecular formula is C48H72ClN13O8S2. The molecule has 396 valence electrons. The lowest BCUT2D eigenvalue weighted by Gasteiger charge is -2.23. The predicted molar refractivity (Wildman–Crippen MR) is 286 cm³/mol. The maximum atomic E-state index is 12.3. The molecule has 24 heteroatoms. The lowest BCUT2D eigenvalue weighted by atomic mass is 10.1. The fourth-order valence-corrected chi connectivity index (χ4v) is 8.69. The molecule has 0 atom stereocenters. The normalized spacial score (nSPS) is 13.2. The number of hydrogen-bond donors (Lipinski definition) is 3. The summed E-state index contributed by atoms with van der Waals surface area (Å²) >= 11 is 7.95. The van der Waals surface area contributed by atoms with Crippen LogP contribution in [0.4, 0.5) is 28.8 Å². The first kappa shape index (κ1) is 60.9. The zero-order valence-corrected chi connectivity index (χ0v) is 45.0. The molecule has 4 heterocycles. The third-order valence-corrected chi connectivity index (χ3v) is 12.5. The second-order valence-electron chi connectivity index (χ2n) is 16.3. The minimum absolute atomic E-state index is 0.00449. The van der Waals surface area contributed by atoms with Gasteiger partial charge in [-0.05, 0) is 120 Å². The summed E-state index contributed by atoms with van der Waals surface area (Å²) in [6.45, 7) is 21.8. The maximum absolute atomic E-state index is 12.3. The molecule has 0 unspecified atom stereocenters. The molecule has 0 spiro atoms. The van der Waals surface area contributed by atoms with Gasteiger partial charge in [0.15, 0.2) is 10.3 Å². The predicted octanol–water partition coefficient (Wildman–Crippen LogP) is 7.48. The fraction of sp³-hybridized carbons (Fsp3) is 0.542. The molecule has 0 aliphatic carbocycles. The number of anilines is 3. The number of esters is 2. The van der Waals surface area contributed by atoms with Gasteiger partial charge in [0.1, 0.15) is 6.54 Å². The van der Waals surface area contributed by atoms with Crippen molar-refractivity contribution >= 4 is 75.9 Å².